The Morgan fingerprint density at radius 3 is 2.25 bits per heavy atom. The molecule has 0 rings (SSSR count). The molecule has 0 amide bonds. The highest BCUT2D eigenvalue weighted by Gasteiger charge is 2.04. The molecule has 0 aliphatic carbocycles. The zero-order chi connectivity index (χ0) is 6.57. The molecule has 0 aromatic heterocycles. The minimum atomic E-state index is -2.08. The van der Waals surface area contributed by atoms with Gasteiger partial charge in [-0.25, -0.2) is 0 Å². The van der Waals surface area contributed by atoms with E-state index in [1.165, 1.54) is 0 Å². The lowest BCUT2D eigenvalue weighted by molar-refractivity contribution is -0.115. The van der Waals surface area contributed by atoms with Gasteiger partial charge in [-0.3, -0.25) is 4.79 Å². The van der Waals surface area contributed by atoms with Crippen LogP contribution in [-0.4, -0.2) is 28.3 Å². The lowest BCUT2D eigenvalue weighted by Crippen LogP contribution is -2.15. The Morgan fingerprint density at radius 2 is 2.12 bits per heavy atom. The number of hydrogen-bond acceptors (Lipinski definition) is 4. The summed E-state index contributed by atoms with van der Waals surface area (Å²) in [4.78, 5) is 26.6. The fraction of sp³-hybridized carbons (Fsp3) is 0.667. The van der Waals surface area contributed by atoms with Crippen molar-refractivity contribution >= 4 is 14.2 Å². The molecule has 8 heavy (non-hydrogen) atoms. The molecule has 5 heteroatoms. The second kappa shape index (κ2) is 3.92. The van der Waals surface area contributed by atoms with Crippen LogP contribution in [-0.2, 0) is 4.79 Å². The number of rotatable bonds is 3. The number of Topliss-reactive ketones (excluding diaryl/α,β-unsaturated/α-hetero) is 1. The largest absolute Gasteiger partial charge is 0.350 e. The van der Waals surface area contributed by atoms with Crippen LogP contribution >= 0.6 is 8.38 Å². The molecule has 4 N–H and O–H groups in total. The number of ketones is 1. The van der Waals surface area contributed by atoms with Crippen LogP contribution < -0.4 is 5.73 Å². The Kier molecular flexibility index (Phi) is 3.91. The third kappa shape index (κ3) is 4.15. The molecular formula is C3H8NO3P. The molecule has 0 atom stereocenters. The van der Waals surface area contributed by atoms with Crippen LogP contribution in [0.15, 0.2) is 0 Å². The molecule has 48 valence electrons. The molecule has 0 fully saturated rings. The molecule has 0 bridgehead atoms. The van der Waals surface area contributed by atoms with Gasteiger partial charge in [-0.2, -0.15) is 0 Å². The summed E-state index contributed by atoms with van der Waals surface area (Å²) in [5.74, 6) is -0.318. The third-order valence-corrected chi connectivity index (χ3v) is 1.18. The third-order valence-electron chi connectivity index (χ3n) is 0.545. The normalized spacial score (nSPS) is 10.0. The van der Waals surface area contributed by atoms with Gasteiger partial charge in [0.25, 0.3) is 0 Å². The average Bonchev–Trinajstić information content (AvgIpc) is 1.65. The maximum Gasteiger partial charge on any atom is 0.172 e. The molecule has 0 heterocycles. The van der Waals surface area contributed by atoms with Crippen LogP contribution in [0.5, 0.6) is 0 Å². The topological polar surface area (TPSA) is 83.6 Å². The maximum absolute atomic E-state index is 10.2. The van der Waals surface area contributed by atoms with Gasteiger partial charge in [-0.1, -0.05) is 0 Å². The Labute approximate surface area is 48.2 Å². The minimum absolute atomic E-state index is 0.111. The van der Waals surface area contributed by atoms with E-state index in [-0.39, 0.29) is 18.5 Å². The van der Waals surface area contributed by atoms with E-state index in [0.29, 0.717) is 0 Å². The fourth-order valence-electron chi connectivity index (χ4n) is 0.222. The molecule has 0 spiro atoms. The molecule has 0 saturated heterocycles. The molecule has 0 aliphatic rings. The summed E-state index contributed by atoms with van der Waals surface area (Å²) in [5.41, 5.74) is 4.86. The second-order valence-electron chi connectivity index (χ2n) is 1.27. The Balaban J connectivity index is 3.25. The highest BCUT2D eigenvalue weighted by atomic mass is 31.2. The standard InChI is InChI=1S/C3H8NO3P/c4-1-3(5)2-8(6)7/h6-7H,1-2,4H2. The first-order valence-electron chi connectivity index (χ1n) is 2.04. The van der Waals surface area contributed by atoms with Crippen LogP contribution in [0.2, 0.25) is 0 Å². The summed E-state index contributed by atoms with van der Waals surface area (Å²) in [6.45, 7) is -0.111. The lowest BCUT2D eigenvalue weighted by atomic mass is 10.5. The molecule has 0 aromatic rings. The second-order valence-corrected chi connectivity index (χ2v) is 2.33. The summed E-state index contributed by atoms with van der Waals surface area (Å²) < 4.78 is 0. The molecule has 0 saturated carbocycles. The molecule has 0 aliphatic heterocycles. The van der Waals surface area contributed by atoms with Crippen molar-refractivity contribution in [3.8, 4) is 0 Å². The highest BCUT2D eigenvalue weighted by Crippen LogP contribution is 2.21. The van der Waals surface area contributed by atoms with Gasteiger partial charge in [0.1, 0.15) is 0 Å². The summed E-state index contributed by atoms with van der Waals surface area (Å²) in [6.07, 6.45) is -0.203. The molecule has 0 aromatic carbocycles. The number of carbonyl (C=O) groups is 1. The molecular weight excluding hydrogens is 129 g/mol. The van der Waals surface area contributed by atoms with Crippen molar-refractivity contribution < 1.29 is 14.6 Å². The average molecular weight is 137 g/mol. The van der Waals surface area contributed by atoms with E-state index in [0.717, 1.165) is 0 Å². The predicted molar refractivity (Wildman–Crippen MR) is 30.3 cm³/mol. The molecule has 4 nitrogen and oxygen atoms in total. The number of nitrogens with two attached hydrogens (primary N) is 1. The van der Waals surface area contributed by atoms with Crippen LogP contribution in [0.3, 0.4) is 0 Å². The van der Waals surface area contributed by atoms with Crippen LogP contribution in [0.4, 0.5) is 0 Å². The van der Waals surface area contributed by atoms with E-state index >= 15 is 0 Å². The predicted octanol–water partition coefficient (Wildman–Crippen LogP) is -1.19. The first-order chi connectivity index (χ1) is 3.66. The van der Waals surface area contributed by atoms with Gasteiger partial charge in [0, 0.05) is 0 Å². The Morgan fingerprint density at radius 1 is 1.62 bits per heavy atom. The van der Waals surface area contributed by atoms with Gasteiger partial charge in [0.15, 0.2) is 14.2 Å². The fourth-order valence-corrected chi connectivity index (χ4v) is 0.667. The summed E-state index contributed by atoms with van der Waals surface area (Å²) in [7, 11) is -2.08. The quantitative estimate of drug-likeness (QED) is 0.427. The van der Waals surface area contributed by atoms with Crippen molar-refractivity contribution in [2.45, 2.75) is 0 Å². The highest BCUT2D eigenvalue weighted by molar-refractivity contribution is 7.46. The summed E-state index contributed by atoms with van der Waals surface area (Å²) >= 11 is 0. The lowest BCUT2D eigenvalue weighted by Gasteiger charge is -1.96. The van der Waals surface area contributed by atoms with E-state index < -0.39 is 8.38 Å². The zero-order valence-corrected chi connectivity index (χ0v) is 5.14. The number of carbonyl (C=O) groups excluding carboxylic acids is 1. The SMILES string of the molecule is NCC(=O)CP(O)O. The summed E-state index contributed by atoms with van der Waals surface area (Å²) in [6, 6.07) is 0. The summed E-state index contributed by atoms with van der Waals surface area (Å²) in [5, 5.41) is 0. The van der Waals surface area contributed by atoms with Gasteiger partial charge >= 0.3 is 0 Å². The maximum atomic E-state index is 10.2. The Bertz CT molecular complexity index is 84.6. The number of hydrogen-bond donors (Lipinski definition) is 3. The first-order valence-corrected chi connectivity index (χ1v) is 3.47. The van der Waals surface area contributed by atoms with Crippen LogP contribution in [0.25, 0.3) is 0 Å². The van der Waals surface area contributed by atoms with Gasteiger partial charge in [0.05, 0.1) is 12.7 Å². The van der Waals surface area contributed by atoms with E-state index in [9.17, 15) is 4.79 Å². The first kappa shape index (κ1) is 7.98. The van der Waals surface area contributed by atoms with Gasteiger partial charge in [-0.15, -0.1) is 0 Å². The molecule has 0 radical (unpaired) electrons. The van der Waals surface area contributed by atoms with E-state index in [4.69, 9.17) is 15.5 Å². The van der Waals surface area contributed by atoms with Crippen molar-refractivity contribution in [3.05, 3.63) is 0 Å². The van der Waals surface area contributed by atoms with E-state index in [1.807, 2.05) is 0 Å². The van der Waals surface area contributed by atoms with Gasteiger partial charge < -0.3 is 15.5 Å². The van der Waals surface area contributed by atoms with E-state index in [2.05, 4.69) is 0 Å². The van der Waals surface area contributed by atoms with Crippen molar-refractivity contribution in [3.63, 3.8) is 0 Å². The van der Waals surface area contributed by atoms with Crippen molar-refractivity contribution in [2.24, 2.45) is 5.73 Å². The van der Waals surface area contributed by atoms with Crippen LogP contribution in [0.1, 0.15) is 0 Å². The van der Waals surface area contributed by atoms with Crippen molar-refractivity contribution in [2.75, 3.05) is 12.7 Å². The minimum Gasteiger partial charge on any atom is -0.350 e. The van der Waals surface area contributed by atoms with Crippen molar-refractivity contribution in [1.82, 2.24) is 0 Å². The van der Waals surface area contributed by atoms with E-state index in [1.54, 1.807) is 0 Å². The monoisotopic (exact) mass is 137 g/mol. The van der Waals surface area contributed by atoms with Gasteiger partial charge in [-0.05, 0) is 0 Å². The van der Waals surface area contributed by atoms with Gasteiger partial charge in [0.2, 0.25) is 0 Å². The smallest absolute Gasteiger partial charge is 0.172 e. The Hall–Kier alpha value is -0.0200. The van der Waals surface area contributed by atoms with Crippen molar-refractivity contribution in [1.29, 1.82) is 0 Å². The zero-order valence-electron chi connectivity index (χ0n) is 4.24. The van der Waals surface area contributed by atoms with Crippen LogP contribution in [0, 0.1) is 0 Å². The molecule has 0 unspecified atom stereocenters.